The number of aldehydes is 1. The van der Waals surface area contributed by atoms with E-state index >= 15 is 0 Å². The van der Waals surface area contributed by atoms with E-state index < -0.39 is 145 Å². The van der Waals surface area contributed by atoms with Crippen molar-refractivity contribution in [2.24, 2.45) is 41.4 Å². The summed E-state index contributed by atoms with van der Waals surface area (Å²) in [7, 11) is 4.82. The summed E-state index contributed by atoms with van der Waals surface area (Å²) in [5.74, 6) is -7.07. The third-order valence-electron chi connectivity index (χ3n) is 13.8. The van der Waals surface area contributed by atoms with Crippen LogP contribution in [0.4, 0.5) is 0 Å². The lowest BCUT2D eigenvalue weighted by Crippen LogP contribution is -2.66. The molecule has 3 fully saturated rings. The molecule has 66 heavy (non-hydrogen) atoms. The predicted molar refractivity (Wildman–Crippen MR) is 234 cm³/mol. The summed E-state index contributed by atoms with van der Waals surface area (Å²) in [6.45, 7) is 13.3. The molecule has 0 aromatic heterocycles. The minimum absolute atomic E-state index is 0.0539. The number of methoxy groups -OCH3 is 1. The fourth-order valence-corrected chi connectivity index (χ4v) is 10.9. The molecule has 18 nitrogen and oxygen atoms in total. The first-order valence-corrected chi connectivity index (χ1v) is 23.3. The van der Waals surface area contributed by atoms with E-state index in [4.69, 9.17) is 37.9 Å². The van der Waals surface area contributed by atoms with Gasteiger partial charge in [-0.2, -0.15) is 0 Å². The van der Waals surface area contributed by atoms with Crippen LogP contribution in [0.2, 0.25) is 0 Å². The van der Waals surface area contributed by atoms with Crippen molar-refractivity contribution in [2.45, 2.75) is 179 Å². The number of likely N-dealkylation sites (N-methyl/N-ethyl adjacent to an activating group) is 1. The van der Waals surface area contributed by atoms with Gasteiger partial charge in [-0.3, -0.25) is 24.0 Å². The molecular weight excluding hydrogens is 863 g/mol. The number of hydrogen-bond acceptors (Lipinski definition) is 18. The molecule has 0 saturated carbocycles. The van der Waals surface area contributed by atoms with Crippen LogP contribution in [0.25, 0.3) is 0 Å². The molecule has 0 aromatic rings. The molecule has 0 amide bonds. The van der Waals surface area contributed by atoms with E-state index in [9.17, 15) is 44.1 Å². The number of ketones is 2. The van der Waals surface area contributed by atoms with Crippen LogP contribution in [0.1, 0.15) is 93.9 Å². The maximum absolute atomic E-state index is 13.7. The Morgan fingerprint density at radius 2 is 1.58 bits per heavy atom. The largest absolute Gasteiger partial charge is 0.463 e. The molecule has 372 valence electrons. The third-order valence-corrected chi connectivity index (χ3v) is 13.8. The minimum atomic E-state index is -1.53. The second-order valence-corrected chi connectivity index (χ2v) is 20.0. The van der Waals surface area contributed by atoms with Gasteiger partial charge in [0.1, 0.15) is 36.3 Å². The number of nitrogens with zero attached hydrogens (tertiary/aromatic N) is 1. The standard InChI is InChI=1S/C48H73NO17/c1-23(2)18-35(54)64-46-27(6)61-37(22-48(46,8)58)65-44-26(5)62-47(42(57)40(44)49(9)10)66-43-24(3)19-30(16-17-50)41(56)31-13-12-29(38-32(52)14-15-33(53)39(31)38)20-25(4)60-36(55)21-34(45(43)59-11)63-28(7)51/h12-15,17,23-27,29-31,34,37-47,56-58H,16,18-22H2,1-11H3/t24-,25+,26+,27-,29?,30+,31?,34+,37-,38?,39?,40+,41+,42+,43-,44+,45-,46-,47-,48+/m0/s1. The Hall–Kier alpha value is -3.46. The van der Waals surface area contributed by atoms with Gasteiger partial charge < -0.3 is 62.9 Å². The molecule has 0 aromatic carbocycles. The van der Waals surface area contributed by atoms with Crippen LogP contribution in [0.3, 0.4) is 0 Å². The number of allylic oxidation sites excluding steroid dienone is 3. The Morgan fingerprint density at radius 1 is 0.909 bits per heavy atom. The maximum atomic E-state index is 13.7. The van der Waals surface area contributed by atoms with Gasteiger partial charge >= 0.3 is 17.9 Å². The monoisotopic (exact) mass is 935 g/mol. The molecule has 18 heteroatoms. The average Bonchev–Trinajstić information content (AvgIpc) is 3.20. The SMILES string of the molecule is CO[C@@H]1[C@@H](O[C@@H]2O[C@H](C)[C@@H](O[C@H]3C[C@@](C)(O)[C@@H](OC(=O)CC(C)C)[C@H](C)O3)[C@H](N(C)C)[C@H]2O)[C@@H](C)C[C@@H](CC=O)[C@@H](O)C2C=CC(C[C@@H](C)OC(=O)C[C@H]1OC(C)=O)C1C(=O)C=CC(=O)C12. The van der Waals surface area contributed by atoms with Gasteiger partial charge in [0, 0.05) is 51.0 Å². The van der Waals surface area contributed by atoms with Crippen LogP contribution in [-0.2, 0) is 66.7 Å². The molecule has 3 saturated heterocycles. The molecule has 2 bridgehead atoms. The Kier molecular flexibility index (Phi) is 18.5. The highest BCUT2D eigenvalue weighted by molar-refractivity contribution is 6.08. The van der Waals surface area contributed by atoms with Crippen molar-refractivity contribution in [1.82, 2.24) is 4.90 Å². The van der Waals surface area contributed by atoms with Gasteiger partial charge in [0.05, 0.1) is 43.0 Å². The number of esters is 3. The lowest BCUT2D eigenvalue weighted by Gasteiger charge is -2.50. The Bertz CT molecular complexity index is 1780. The van der Waals surface area contributed by atoms with Gasteiger partial charge in [-0.1, -0.05) is 32.9 Å². The maximum Gasteiger partial charge on any atom is 0.309 e. The smallest absolute Gasteiger partial charge is 0.309 e. The molecule has 6 rings (SSSR count). The van der Waals surface area contributed by atoms with Gasteiger partial charge in [-0.15, -0.1) is 0 Å². The number of hydrogen-bond donors (Lipinski definition) is 3. The van der Waals surface area contributed by atoms with Crippen LogP contribution in [-0.4, -0.2) is 162 Å². The first kappa shape index (κ1) is 53.5. The van der Waals surface area contributed by atoms with Crippen molar-refractivity contribution in [3.63, 3.8) is 0 Å². The van der Waals surface area contributed by atoms with Gasteiger partial charge in [0.25, 0.3) is 0 Å². The zero-order valence-corrected chi connectivity index (χ0v) is 40.2. The summed E-state index contributed by atoms with van der Waals surface area (Å²) in [6.07, 6.45) is -6.57. The van der Waals surface area contributed by atoms with Crippen molar-refractivity contribution >= 4 is 35.8 Å². The lowest BCUT2D eigenvalue weighted by molar-refractivity contribution is -0.344. The molecule has 2 aliphatic carbocycles. The van der Waals surface area contributed by atoms with Crippen molar-refractivity contribution in [2.75, 3.05) is 21.2 Å². The summed E-state index contributed by atoms with van der Waals surface area (Å²) >= 11 is 0. The van der Waals surface area contributed by atoms with Gasteiger partial charge in [0.15, 0.2) is 30.3 Å². The third kappa shape index (κ3) is 12.6. The number of aliphatic hydroxyl groups excluding tert-OH is 2. The fourth-order valence-electron chi connectivity index (χ4n) is 10.9. The van der Waals surface area contributed by atoms with Crippen LogP contribution >= 0.6 is 0 Å². The predicted octanol–water partition coefficient (Wildman–Crippen LogP) is 2.64. The number of rotatable bonds is 12. The van der Waals surface area contributed by atoms with Crippen molar-refractivity contribution in [3.05, 3.63) is 24.3 Å². The lowest BCUT2D eigenvalue weighted by atomic mass is 9.61. The molecule has 4 unspecified atom stereocenters. The van der Waals surface area contributed by atoms with E-state index in [1.807, 2.05) is 13.8 Å². The van der Waals surface area contributed by atoms with Crippen LogP contribution in [0.15, 0.2) is 24.3 Å². The highest BCUT2D eigenvalue weighted by Crippen LogP contribution is 2.45. The van der Waals surface area contributed by atoms with Crippen LogP contribution in [0.5, 0.6) is 0 Å². The minimum Gasteiger partial charge on any atom is -0.463 e. The summed E-state index contributed by atoms with van der Waals surface area (Å²) in [6, 6.07) is -0.822. The molecule has 4 heterocycles. The Balaban J connectivity index is 1.47. The summed E-state index contributed by atoms with van der Waals surface area (Å²) in [5.41, 5.74) is -1.53. The Labute approximate surface area is 388 Å². The molecule has 0 spiro atoms. The van der Waals surface area contributed by atoms with E-state index in [1.54, 1.807) is 65.8 Å². The highest BCUT2D eigenvalue weighted by Gasteiger charge is 2.54. The van der Waals surface area contributed by atoms with E-state index in [0.29, 0.717) is 6.29 Å². The number of carbonyl (C=O) groups excluding carboxylic acids is 6. The molecular formula is C48H73NO17. The molecule has 20 atom stereocenters. The van der Waals surface area contributed by atoms with Crippen molar-refractivity contribution < 1.29 is 82.0 Å². The van der Waals surface area contributed by atoms with E-state index in [1.165, 1.54) is 26.2 Å². The molecule has 4 aliphatic heterocycles. The van der Waals surface area contributed by atoms with Gasteiger partial charge in [-0.25, -0.2) is 0 Å². The summed E-state index contributed by atoms with van der Waals surface area (Å²) in [4.78, 5) is 80.1. The number of aliphatic hydroxyl groups is 3. The average molecular weight is 936 g/mol. The van der Waals surface area contributed by atoms with Gasteiger partial charge in [0.2, 0.25) is 0 Å². The van der Waals surface area contributed by atoms with Gasteiger partial charge in [-0.05, 0) is 90.5 Å². The van der Waals surface area contributed by atoms with Crippen molar-refractivity contribution in [3.8, 4) is 0 Å². The van der Waals surface area contributed by atoms with E-state index in [2.05, 4.69) is 0 Å². The van der Waals surface area contributed by atoms with Crippen LogP contribution < -0.4 is 0 Å². The molecule has 3 N–H and O–H groups in total. The summed E-state index contributed by atoms with van der Waals surface area (Å²) in [5, 5.41) is 35.9. The van der Waals surface area contributed by atoms with Crippen molar-refractivity contribution in [1.29, 1.82) is 0 Å². The van der Waals surface area contributed by atoms with E-state index in [0.717, 1.165) is 0 Å². The Morgan fingerprint density at radius 3 is 2.17 bits per heavy atom. The molecule has 6 aliphatic rings. The molecule has 0 radical (unpaired) electrons. The first-order valence-electron chi connectivity index (χ1n) is 23.3. The zero-order valence-electron chi connectivity index (χ0n) is 40.2. The second kappa shape index (κ2) is 22.8. The number of carbonyl (C=O) groups is 6. The number of fused-ring (bicyclic) bond motifs is 11. The first-order chi connectivity index (χ1) is 31.0. The van der Waals surface area contributed by atoms with Crippen LogP contribution in [0, 0.1) is 41.4 Å². The fraction of sp³-hybridized carbons (Fsp3) is 0.792. The number of ether oxygens (including phenoxy) is 8. The quantitative estimate of drug-likeness (QED) is 0.110. The second-order valence-electron chi connectivity index (χ2n) is 20.0. The normalized spacial score (nSPS) is 42.5. The highest BCUT2D eigenvalue weighted by atomic mass is 16.7. The summed E-state index contributed by atoms with van der Waals surface area (Å²) < 4.78 is 49.1. The van der Waals surface area contributed by atoms with E-state index in [-0.39, 0.29) is 49.6 Å². The zero-order chi connectivity index (χ0) is 48.9. The topological polar surface area (TPSA) is 240 Å².